The van der Waals surface area contributed by atoms with E-state index in [4.69, 9.17) is 14.2 Å². The van der Waals surface area contributed by atoms with Crippen molar-refractivity contribution in [2.24, 2.45) is 0 Å². The van der Waals surface area contributed by atoms with Gasteiger partial charge in [0.2, 0.25) is 5.91 Å². The molecule has 2 atom stereocenters. The predicted molar refractivity (Wildman–Crippen MR) is 106 cm³/mol. The maximum Gasteiger partial charge on any atom is 0.233 e. The Labute approximate surface area is 168 Å². The molecule has 2 heterocycles. The highest BCUT2D eigenvalue weighted by molar-refractivity contribution is 8.00. The third-order valence-electron chi connectivity index (χ3n) is 4.11. The summed E-state index contributed by atoms with van der Waals surface area (Å²) in [5, 5.41) is 11.7. The van der Waals surface area contributed by atoms with Crippen LogP contribution in [0.1, 0.15) is 18.9 Å². The van der Waals surface area contributed by atoms with Crippen LogP contribution in [0.5, 0.6) is 11.5 Å². The molecule has 0 fully saturated rings. The molecule has 1 N–H and O–H groups in total. The molecule has 1 amide bonds. The molecule has 1 aliphatic heterocycles. The molecular weight excluding hydrogens is 380 g/mol. The molecule has 9 heteroatoms. The minimum Gasteiger partial charge on any atom is -0.485 e. The lowest BCUT2D eigenvalue weighted by atomic mass is 10.2. The van der Waals surface area contributed by atoms with E-state index in [1.807, 2.05) is 35.8 Å². The van der Waals surface area contributed by atoms with Crippen LogP contribution in [0.3, 0.4) is 0 Å². The minimum atomic E-state index is -0.387. The number of amides is 1. The summed E-state index contributed by atoms with van der Waals surface area (Å²) in [7, 11) is 1.60. The van der Waals surface area contributed by atoms with Crippen molar-refractivity contribution in [2.75, 3.05) is 26.9 Å². The summed E-state index contributed by atoms with van der Waals surface area (Å²) in [5.74, 6) is 1.95. The van der Waals surface area contributed by atoms with E-state index < -0.39 is 0 Å². The molecule has 0 saturated carbocycles. The van der Waals surface area contributed by atoms with Crippen molar-refractivity contribution in [1.82, 2.24) is 20.1 Å². The second-order valence-corrected chi connectivity index (χ2v) is 7.46. The van der Waals surface area contributed by atoms with Crippen LogP contribution in [-0.2, 0) is 16.1 Å². The zero-order valence-electron chi connectivity index (χ0n) is 16.0. The number of nitrogens with zero attached hydrogens (tertiary/aromatic N) is 3. The van der Waals surface area contributed by atoms with Gasteiger partial charge in [-0.3, -0.25) is 9.36 Å². The van der Waals surface area contributed by atoms with Crippen LogP contribution in [0.4, 0.5) is 0 Å². The Bertz CT molecular complexity index is 826. The molecule has 0 spiro atoms. The second-order valence-electron chi connectivity index (χ2n) is 6.15. The van der Waals surface area contributed by atoms with Crippen molar-refractivity contribution in [2.45, 2.75) is 30.0 Å². The summed E-state index contributed by atoms with van der Waals surface area (Å²) >= 11 is 1.34. The fourth-order valence-corrected chi connectivity index (χ4v) is 3.59. The maximum atomic E-state index is 12.2. The van der Waals surface area contributed by atoms with Crippen molar-refractivity contribution in [3.05, 3.63) is 42.7 Å². The standard InChI is InChI=1S/C19H24N4O4S/c1-4-10-23-17(16-12-26-14-7-5-6-8-15(14)27-16)21-22-19(23)28-13(2)18(24)20-9-11-25-3/h4-8,13,16H,1,9-12H2,2-3H3,(H,20,24)/t13-,16-/m1/s1. The smallest absolute Gasteiger partial charge is 0.233 e. The van der Waals surface area contributed by atoms with Crippen molar-refractivity contribution < 1.29 is 19.0 Å². The highest BCUT2D eigenvalue weighted by Gasteiger charge is 2.29. The summed E-state index contributed by atoms with van der Waals surface area (Å²) in [6.07, 6.45) is 1.38. The van der Waals surface area contributed by atoms with Crippen molar-refractivity contribution in [3.63, 3.8) is 0 Å². The van der Waals surface area contributed by atoms with E-state index in [0.717, 1.165) is 0 Å². The van der Waals surface area contributed by atoms with Crippen LogP contribution < -0.4 is 14.8 Å². The SMILES string of the molecule is C=CCn1c(S[C@H](C)C(=O)NCCOC)nnc1[C@H]1COc2ccccc2O1. The molecule has 2 aromatic rings. The summed E-state index contributed by atoms with van der Waals surface area (Å²) in [5.41, 5.74) is 0. The van der Waals surface area contributed by atoms with Gasteiger partial charge in [0.15, 0.2) is 28.6 Å². The number of benzene rings is 1. The van der Waals surface area contributed by atoms with E-state index in [1.54, 1.807) is 13.2 Å². The number of rotatable bonds is 9. The van der Waals surface area contributed by atoms with E-state index in [-0.39, 0.29) is 17.3 Å². The Morgan fingerprint density at radius 3 is 3.00 bits per heavy atom. The lowest BCUT2D eigenvalue weighted by Gasteiger charge is -2.26. The van der Waals surface area contributed by atoms with Gasteiger partial charge in [0.25, 0.3) is 0 Å². The number of para-hydroxylation sites is 2. The van der Waals surface area contributed by atoms with Gasteiger partial charge in [-0.15, -0.1) is 16.8 Å². The molecular formula is C19H24N4O4S. The fourth-order valence-electron chi connectivity index (χ4n) is 2.70. The summed E-state index contributed by atoms with van der Waals surface area (Å²) in [6, 6.07) is 7.52. The van der Waals surface area contributed by atoms with E-state index >= 15 is 0 Å². The molecule has 1 aromatic heterocycles. The molecule has 150 valence electrons. The second kappa shape index (κ2) is 9.61. The fraction of sp³-hybridized carbons (Fsp3) is 0.421. The summed E-state index contributed by atoms with van der Waals surface area (Å²) in [6.45, 7) is 7.43. The number of aromatic nitrogens is 3. The van der Waals surface area contributed by atoms with Gasteiger partial charge in [0.1, 0.15) is 6.61 Å². The number of nitrogens with one attached hydrogen (secondary N) is 1. The van der Waals surface area contributed by atoms with Crippen LogP contribution in [0, 0.1) is 0 Å². The number of thioether (sulfide) groups is 1. The maximum absolute atomic E-state index is 12.2. The first-order valence-corrected chi connectivity index (χ1v) is 9.87. The highest BCUT2D eigenvalue weighted by Crippen LogP contribution is 2.36. The van der Waals surface area contributed by atoms with Crippen LogP contribution in [0.2, 0.25) is 0 Å². The number of carbonyl (C=O) groups is 1. The first kappa shape index (κ1) is 20.2. The first-order chi connectivity index (χ1) is 13.6. The average Bonchev–Trinajstić information content (AvgIpc) is 3.10. The average molecular weight is 404 g/mol. The highest BCUT2D eigenvalue weighted by atomic mass is 32.2. The number of ether oxygens (including phenoxy) is 3. The Morgan fingerprint density at radius 1 is 1.46 bits per heavy atom. The van der Waals surface area contributed by atoms with E-state index in [9.17, 15) is 4.79 Å². The van der Waals surface area contributed by atoms with E-state index in [0.29, 0.717) is 48.8 Å². The molecule has 1 aromatic carbocycles. The molecule has 0 radical (unpaired) electrons. The van der Waals surface area contributed by atoms with Gasteiger partial charge >= 0.3 is 0 Å². The van der Waals surface area contributed by atoms with Crippen LogP contribution in [-0.4, -0.2) is 52.8 Å². The van der Waals surface area contributed by atoms with Gasteiger partial charge in [0.05, 0.1) is 11.9 Å². The number of hydrogen-bond donors (Lipinski definition) is 1. The van der Waals surface area contributed by atoms with Crippen LogP contribution in [0.25, 0.3) is 0 Å². The van der Waals surface area contributed by atoms with Gasteiger partial charge in [-0.05, 0) is 19.1 Å². The molecule has 0 bridgehead atoms. The topological polar surface area (TPSA) is 87.5 Å². The Kier molecular flexibility index (Phi) is 6.94. The Morgan fingerprint density at radius 2 is 2.25 bits per heavy atom. The Hall–Kier alpha value is -2.52. The molecule has 0 unspecified atom stereocenters. The zero-order chi connectivity index (χ0) is 19.9. The van der Waals surface area contributed by atoms with Crippen LogP contribution >= 0.6 is 11.8 Å². The predicted octanol–water partition coefficient (Wildman–Crippen LogP) is 2.22. The van der Waals surface area contributed by atoms with E-state index in [2.05, 4.69) is 22.1 Å². The molecule has 0 saturated heterocycles. The molecule has 28 heavy (non-hydrogen) atoms. The largest absolute Gasteiger partial charge is 0.485 e. The van der Waals surface area contributed by atoms with Gasteiger partial charge in [-0.2, -0.15) is 0 Å². The number of carbonyl (C=O) groups excluding carboxylic acids is 1. The number of allylic oxidation sites excluding steroid dienone is 1. The molecule has 0 aliphatic carbocycles. The van der Waals surface area contributed by atoms with E-state index in [1.165, 1.54) is 11.8 Å². The lowest BCUT2D eigenvalue weighted by Crippen LogP contribution is -2.33. The monoisotopic (exact) mass is 404 g/mol. The third kappa shape index (κ3) is 4.66. The molecule has 3 rings (SSSR count). The van der Waals surface area contributed by atoms with Crippen LogP contribution in [0.15, 0.2) is 42.1 Å². The van der Waals surface area contributed by atoms with Crippen molar-refractivity contribution in [3.8, 4) is 11.5 Å². The zero-order valence-corrected chi connectivity index (χ0v) is 16.8. The van der Waals surface area contributed by atoms with Gasteiger partial charge in [0, 0.05) is 20.2 Å². The number of fused-ring (bicyclic) bond motifs is 1. The minimum absolute atomic E-state index is 0.0806. The molecule has 1 aliphatic rings. The third-order valence-corrected chi connectivity index (χ3v) is 5.19. The lowest BCUT2D eigenvalue weighted by molar-refractivity contribution is -0.120. The van der Waals surface area contributed by atoms with Crippen molar-refractivity contribution >= 4 is 17.7 Å². The van der Waals surface area contributed by atoms with Gasteiger partial charge in [-0.25, -0.2) is 0 Å². The summed E-state index contributed by atoms with van der Waals surface area (Å²) < 4.78 is 18.7. The van der Waals surface area contributed by atoms with Gasteiger partial charge < -0.3 is 19.5 Å². The quantitative estimate of drug-likeness (QED) is 0.389. The number of hydrogen-bond acceptors (Lipinski definition) is 7. The summed E-state index contributed by atoms with van der Waals surface area (Å²) in [4.78, 5) is 12.2. The number of methoxy groups -OCH3 is 1. The normalized spacial score (nSPS) is 16.4. The van der Waals surface area contributed by atoms with Crippen molar-refractivity contribution in [1.29, 1.82) is 0 Å². The Balaban J connectivity index is 1.73. The first-order valence-electron chi connectivity index (χ1n) is 8.99. The van der Waals surface area contributed by atoms with Gasteiger partial charge in [-0.1, -0.05) is 30.0 Å². The molecule has 8 nitrogen and oxygen atoms in total.